The molecule has 0 spiro atoms. The van der Waals surface area contributed by atoms with Crippen LogP contribution < -0.4 is 4.74 Å². The number of carbonyl (C=O) groups is 1. The van der Waals surface area contributed by atoms with Crippen molar-refractivity contribution in [3.63, 3.8) is 0 Å². The summed E-state index contributed by atoms with van der Waals surface area (Å²) in [6.45, 7) is 2.20. The minimum Gasteiger partial charge on any atom is -0.491 e. The Morgan fingerprint density at radius 3 is 2.90 bits per heavy atom. The summed E-state index contributed by atoms with van der Waals surface area (Å²) in [5, 5.41) is 11.9. The predicted octanol–water partition coefficient (Wildman–Crippen LogP) is 4.38. The van der Waals surface area contributed by atoms with E-state index in [1.54, 1.807) is 16.5 Å². The predicted molar refractivity (Wildman–Crippen MR) is 113 cm³/mol. The van der Waals surface area contributed by atoms with Gasteiger partial charge in [-0.05, 0) is 43.4 Å². The molecule has 1 fully saturated rings. The number of thiazole rings is 1. The van der Waals surface area contributed by atoms with E-state index in [1.165, 1.54) is 11.3 Å². The average molecular weight is 423 g/mol. The van der Waals surface area contributed by atoms with Crippen molar-refractivity contribution in [2.75, 3.05) is 19.7 Å². The van der Waals surface area contributed by atoms with E-state index in [1.807, 2.05) is 29.6 Å². The summed E-state index contributed by atoms with van der Waals surface area (Å²) in [4.78, 5) is 22.5. The number of carbonyl (C=O) groups excluding carboxylic acids is 1. The van der Waals surface area contributed by atoms with E-state index in [-0.39, 0.29) is 12.7 Å². The summed E-state index contributed by atoms with van der Waals surface area (Å²) in [7, 11) is 0. The van der Waals surface area contributed by atoms with Gasteiger partial charge in [-0.25, -0.2) is 14.8 Å². The maximum absolute atomic E-state index is 12.2. The van der Waals surface area contributed by atoms with Crippen LogP contribution in [0.3, 0.4) is 0 Å². The molecule has 0 atom stereocenters. The van der Waals surface area contributed by atoms with Crippen LogP contribution in [0.1, 0.15) is 30.7 Å². The molecule has 154 valence electrons. The van der Waals surface area contributed by atoms with E-state index in [4.69, 9.17) is 14.7 Å². The van der Waals surface area contributed by atoms with Crippen molar-refractivity contribution in [1.82, 2.24) is 14.9 Å². The minimum atomic E-state index is -0.271. The summed E-state index contributed by atoms with van der Waals surface area (Å²) in [6.07, 6.45) is 2.51. The molecule has 0 radical (unpaired) electrons. The van der Waals surface area contributed by atoms with Crippen molar-refractivity contribution in [1.29, 1.82) is 5.26 Å². The number of para-hydroxylation sites is 1. The Kier molecular flexibility index (Phi) is 6.40. The largest absolute Gasteiger partial charge is 0.491 e. The Hall–Kier alpha value is -3.18. The van der Waals surface area contributed by atoms with Gasteiger partial charge in [0.05, 0.1) is 17.8 Å². The molecule has 0 N–H and O–H groups in total. The highest BCUT2D eigenvalue weighted by Gasteiger charge is 2.24. The number of ether oxygens (including phenoxy) is 2. The highest BCUT2D eigenvalue weighted by atomic mass is 32.1. The molecule has 1 aliphatic rings. The number of piperidine rings is 1. The lowest BCUT2D eigenvalue weighted by atomic mass is 9.94. The zero-order valence-electron chi connectivity index (χ0n) is 16.5. The van der Waals surface area contributed by atoms with Crippen LogP contribution in [0, 0.1) is 17.2 Å². The quantitative estimate of drug-likeness (QED) is 0.586. The van der Waals surface area contributed by atoms with Crippen LogP contribution in [0.4, 0.5) is 4.79 Å². The lowest BCUT2D eigenvalue weighted by Crippen LogP contribution is -2.39. The van der Waals surface area contributed by atoms with Crippen LogP contribution in [0.5, 0.6) is 5.75 Å². The van der Waals surface area contributed by atoms with Crippen molar-refractivity contribution < 1.29 is 14.3 Å². The average Bonchev–Trinajstić information content (AvgIpc) is 3.31. The van der Waals surface area contributed by atoms with E-state index in [0.29, 0.717) is 42.6 Å². The molecule has 0 saturated carbocycles. The Balaban J connectivity index is 1.23. The topological polar surface area (TPSA) is 88.3 Å². The van der Waals surface area contributed by atoms with Gasteiger partial charge in [-0.3, -0.25) is 0 Å². The van der Waals surface area contributed by atoms with E-state index in [2.05, 4.69) is 16.0 Å². The highest BCUT2D eigenvalue weighted by Crippen LogP contribution is 2.26. The van der Waals surface area contributed by atoms with E-state index in [9.17, 15) is 4.79 Å². The van der Waals surface area contributed by atoms with Crippen molar-refractivity contribution in [3.8, 4) is 11.8 Å². The molecular formula is C22H22N4O3S. The number of pyridine rings is 1. The lowest BCUT2D eigenvalue weighted by molar-refractivity contribution is 0.0792. The first kappa shape index (κ1) is 20.1. The molecule has 7 nitrogen and oxygen atoms in total. The second kappa shape index (κ2) is 9.55. The fourth-order valence-electron chi connectivity index (χ4n) is 3.57. The van der Waals surface area contributed by atoms with Crippen LogP contribution in [-0.2, 0) is 11.3 Å². The first-order valence-corrected chi connectivity index (χ1v) is 10.9. The normalized spacial score (nSPS) is 14.4. The van der Waals surface area contributed by atoms with Crippen molar-refractivity contribution in [2.24, 2.45) is 5.92 Å². The molecule has 8 heteroatoms. The first-order valence-electron chi connectivity index (χ1n) is 9.94. The number of benzene rings is 1. The molecule has 0 aliphatic carbocycles. The summed E-state index contributed by atoms with van der Waals surface area (Å²) < 4.78 is 11.3. The molecule has 0 bridgehead atoms. The molecular weight excluding hydrogens is 400 g/mol. The van der Waals surface area contributed by atoms with Gasteiger partial charge in [-0.1, -0.05) is 12.1 Å². The zero-order valence-corrected chi connectivity index (χ0v) is 17.3. The summed E-state index contributed by atoms with van der Waals surface area (Å²) in [5.74, 6) is 1.21. The third-order valence-electron chi connectivity index (χ3n) is 5.28. The SMILES string of the molecule is N#Cc1ccc2cccc(OCCC3CCN(C(=O)OCc4cscn4)CC3)c2n1. The standard InChI is InChI=1S/C22H22N4O3S/c23-12-18-5-4-17-2-1-3-20(21(17)25-18)28-11-8-16-6-9-26(10-7-16)22(27)29-13-19-14-30-15-24-19/h1-5,14-16H,6-11,13H2. The van der Waals surface area contributed by atoms with Crippen LogP contribution in [0.15, 0.2) is 41.2 Å². The third-order valence-corrected chi connectivity index (χ3v) is 5.92. The molecule has 1 saturated heterocycles. The van der Waals surface area contributed by atoms with Gasteiger partial charge in [0.1, 0.15) is 29.6 Å². The number of amides is 1. The first-order chi connectivity index (χ1) is 14.7. The van der Waals surface area contributed by atoms with Crippen molar-refractivity contribution in [3.05, 3.63) is 52.6 Å². The molecule has 1 aliphatic heterocycles. The maximum Gasteiger partial charge on any atom is 0.410 e. The lowest BCUT2D eigenvalue weighted by Gasteiger charge is -2.31. The van der Waals surface area contributed by atoms with Crippen LogP contribution in [-0.4, -0.2) is 40.7 Å². The molecule has 2 aromatic heterocycles. The number of likely N-dealkylation sites (tertiary alicyclic amines) is 1. The number of rotatable bonds is 6. The van der Waals surface area contributed by atoms with E-state index in [0.717, 1.165) is 30.3 Å². The molecule has 4 rings (SSSR count). The second-order valence-corrected chi connectivity index (χ2v) is 7.96. The molecule has 3 heterocycles. The Morgan fingerprint density at radius 1 is 1.27 bits per heavy atom. The van der Waals surface area contributed by atoms with Gasteiger partial charge in [0.2, 0.25) is 0 Å². The van der Waals surface area contributed by atoms with Crippen molar-refractivity contribution >= 4 is 28.3 Å². The van der Waals surface area contributed by atoms with Gasteiger partial charge in [0, 0.05) is 23.9 Å². The molecule has 3 aromatic rings. The van der Waals surface area contributed by atoms with Gasteiger partial charge in [-0.2, -0.15) is 5.26 Å². The molecule has 1 amide bonds. The summed E-state index contributed by atoms with van der Waals surface area (Å²) >= 11 is 1.49. The number of nitrogens with zero attached hydrogens (tertiary/aromatic N) is 4. The van der Waals surface area contributed by atoms with Gasteiger partial charge in [0.25, 0.3) is 0 Å². The zero-order chi connectivity index (χ0) is 20.8. The minimum absolute atomic E-state index is 0.225. The van der Waals surface area contributed by atoms with E-state index < -0.39 is 0 Å². The fraction of sp³-hybridized carbons (Fsp3) is 0.364. The van der Waals surface area contributed by atoms with Crippen LogP contribution in [0.2, 0.25) is 0 Å². The number of hydrogen-bond donors (Lipinski definition) is 0. The molecule has 0 unspecified atom stereocenters. The number of hydrogen-bond acceptors (Lipinski definition) is 7. The monoisotopic (exact) mass is 422 g/mol. The highest BCUT2D eigenvalue weighted by molar-refractivity contribution is 7.07. The van der Waals surface area contributed by atoms with Crippen LogP contribution in [0.25, 0.3) is 10.9 Å². The van der Waals surface area contributed by atoms with Gasteiger partial charge in [-0.15, -0.1) is 11.3 Å². The van der Waals surface area contributed by atoms with Crippen molar-refractivity contribution in [2.45, 2.75) is 25.9 Å². The second-order valence-electron chi connectivity index (χ2n) is 7.24. The Morgan fingerprint density at radius 2 is 2.13 bits per heavy atom. The van der Waals surface area contributed by atoms with E-state index >= 15 is 0 Å². The van der Waals surface area contributed by atoms with Gasteiger partial charge < -0.3 is 14.4 Å². The Labute approximate surface area is 178 Å². The fourth-order valence-corrected chi connectivity index (χ4v) is 4.12. The smallest absolute Gasteiger partial charge is 0.410 e. The van der Waals surface area contributed by atoms with Crippen LogP contribution >= 0.6 is 11.3 Å². The number of aromatic nitrogens is 2. The van der Waals surface area contributed by atoms with Gasteiger partial charge in [0.15, 0.2) is 0 Å². The van der Waals surface area contributed by atoms with Gasteiger partial charge >= 0.3 is 6.09 Å². The molecule has 30 heavy (non-hydrogen) atoms. The summed E-state index contributed by atoms with van der Waals surface area (Å²) in [5.41, 5.74) is 3.61. The Bertz CT molecular complexity index is 1040. The number of fused-ring (bicyclic) bond motifs is 1. The summed E-state index contributed by atoms with van der Waals surface area (Å²) in [6, 6.07) is 11.4. The number of nitriles is 1. The third kappa shape index (κ3) is 4.86. The maximum atomic E-state index is 12.2. The molecule has 1 aromatic carbocycles.